The minimum atomic E-state index is -0.618. The number of thioether (sulfide) groups is 2. The van der Waals surface area contributed by atoms with Gasteiger partial charge >= 0.3 is 0 Å². The Bertz CT molecular complexity index is 829. The number of hydrogen-bond acceptors (Lipinski definition) is 7. The predicted octanol–water partition coefficient (Wildman–Crippen LogP) is 4.86. The fourth-order valence-corrected chi connectivity index (χ4v) is 5.00. The number of hydrogen-bond donors (Lipinski definition) is 5. The molecule has 7 heteroatoms. The van der Waals surface area contributed by atoms with Gasteiger partial charge in [-0.05, 0) is 80.2 Å². The lowest BCUT2D eigenvalue weighted by Gasteiger charge is -2.14. The molecule has 34 heavy (non-hydrogen) atoms. The maximum Gasteiger partial charge on any atom is 0.121 e. The number of aryl methyl sites for hydroxylation is 4. The molecule has 0 saturated heterocycles. The van der Waals surface area contributed by atoms with Crippen LogP contribution in [0.1, 0.15) is 48.9 Å². The highest BCUT2D eigenvalue weighted by Crippen LogP contribution is 2.24. The molecule has 0 fully saturated rings. The third-order valence-corrected chi connectivity index (χ3v) is 8.19. The molecule has 192 valence electrons. The van der Waals surface area contributed by atoms with Gasteiger partial charge in [0.25, 0.3) is 0 Å². The van der Waals surface area contributed by atoms with Crippen molar-refractivity contribution in [3.8, 4) is 11.5 Å². The Hall–Kier alpha value is -1.38. The highest BCUT2D eigenvalue weighted by molar-refractivity contribution is 8.00. The van der Waals surface area contributed by atoms with Crippen LogP contribution in [0, 0.1) is 13.8 Å². The minimum Gasteiger partial charge on any atom is -0.507 e. The van der Waals surface area contributed by atoms with Gasteiger partial charge in [-0.2, -0.15) is 23.5 Å². The van der Waals surface area contributed by atoms with Gasteiger partial charge in [0.2, 0.25) is 0 Å². The van der Waals surface area contributed by atoms with Crippen molar-refractivity contribution >= 4 is 23.5 Å². The van der Waals surface area contributed by atoms with Crippen LogP contribution in [0.5, 0.6) is 11.5 Å². The van der Waals surface area contributed by atoms with Gasteiger partial charge in [-0.25, -0.2) is 0 Å². The van der Waals surface area contributed by atoms with Crippen molar-refractivity contribution in [2.24, 2.45) is 0 Å². The standard InChI is InChI=1S/C14H22O2S.C13H20O3S/c1-10-6-4-7-13(14(10)16)8-5-9-17-12(3)11(2)15;1-10-4-2-5-11(13(10)16)6-3-7-17-9-12(15)8-14/h4,6-7,11-12,15-16H,5,8-9H2,1-3H3;2,4-5,12,14-16H,3,6-9H2,1H3. The van der Waals surface area contributed by atoms with Crippen LogP contribution in [0.3, 0.4) is 0 Å². The van der Waals surface area contributed by atoms with Gasteiger partial charge in [0.15, 0.2) is 0 Å². The highest BCUT2D eigenvalue weighted by atomic mass is 32.2. The molecule has 0 bridgehead atoms. The Labute approximate surface area is 213 Å². The number of para-hydroxylation sites is 2. The molecule has 5 nitrogen and oxygen atoms in total. The average molecular weight is 511 g/mol. The number of phenols is 2. The van der Waals surface area contributed by atoms with Crippen LogP contribution in [0.2, 0.25) is 0 Å². The van der Waals surface area contributed by atoms with Crippen LogP contribution in [-0.2, 0) is 12.8 Å². The Morgan fingerprint density at radius 3 is 1.76 bits per heavy atom. The van der Waals surface area contributed by atoms with Crippen molar-refractivity contribution in [1.29, 1.82) is 0 Å². The van der Waals surface area contributed by atoms with E-state index < -0.39 is 6.10 Å². The van der Waals surface area contributed by atoms with Crippen LogP contribution in [0.25, 0.3) is 0 Å². The van der Waals surface area contributed by atoms with E-state index in [1.807, 2.05) is 64.1 Å². The molecule has 0 aliphatic carbocycles. The third kappa shape index (κ3) is 11.8. The largest absolute Gasteiger partial charge is 0.507 e. The second-order valence-electron chi connectivity index (χ2n) is 8.60. The summed E-state index contributed by atoms with van der Waals surface area (Å²) < 4.78 is 0. The summed E-state index contributed by atoms with van der Waals surface area (Å²) in [5.74, 6) is 3.33. The molecule has 0 aliphatic heterocycles. The lowest BCUT2D eigenvalue weighted by atomic mass is 10.1. The van der Waals surface area contributed by atoms with Gasteiger partial charge in [0.05, 0.1) is 18.8 Å². The molecule has 2 rings (SSSR count). The lowest BCUT2D eigenvalue weighted by molar-refractivity contribution is 0.113. The smallest absolute Gasteiger partial charge is 0.121 e. The van der Waals surface area contributed by atoms with E-state index in [-0.39, 0.29) is 18.0 Å². The average Bonchev–Trinajstić information content (AvgIpc) is 2.81. The van der Waals surface area contributed by atoms with Gasteiger partial charge in [0.1, 0.15) is 11.5 Å². The Morgan fingerprint density at radius 1 is 0.794 bits per heavy atom. The molecule has 3 atom stereocenters. The summed E-state index contributed by atoms with van der Waals surface area (Å²) >= 11 is 3.41. The molecule has 3 unspecified atom stereocenters. The number of benzene rings is 2. The summed E-state index contributed by atoms with van der Waals surface area (Å²) in [4.78, 5) is 0. The number of aliphatic hydroxyl groups is 3. The minimum absolute atomic E-state index is 0.175. The summed E-state index contributed by atoms with van der Waals surface area (Å²) in [5, 5.41) is 47.1. The zero-order valence-electron chi connectivity index (χ0n) is 20.9. The van der Waals surface area contributed by atoms with E-state index in [1.165, 1.54) is 0 Å². The summed E-state index contributed by atoms with van der Waals surface area (Å²) in [6.45, 7) is 7.50. The molecule has 2 aromatic rings. The fourth-order valence-electron chi connectivity index (χ4n) is 3.15. The molecule has 0 aromatic heterocycles. The molecule has 0 amide bonds. The Kier molecular flexibility index (Phi) is 15.4. The first-order chi connectivity index (χ1) is 16.2. The maximum absolute atomic E-state index is 9.85. The first kappa shape index (κ1) is 30.7. The van der Waals surface area contributed by atoms with E-state index in [9.17, 15) is 15.3 Å². The molecule has 5 N–H and O–H groups in total. The zero-order chi connectivity index (χ0) is 25.5. The number of aliphatic hydroxyl groups excluding tert-OH is 3. The van der Waals surface area contributed by atoms with Gasteiger partial charge in [-0.3, -0.25) is 0 Å². The van der Waals surface area contributed by atoms with Gasteiger partial charge in [-0.1, -0.05) is 43.3 Å². The van der Waals surface area contributed by atoms with Crippen molar-refractivity contribution in [2.45, 2.75) is 70.8 Å². The summed E-state index contributed by atoms with van der Waals surface area (Å²) in [6, 6.07) is 11.7. The van der Waals surface area contributed by atoms with Crippen molar-refractivity contribution in [1.82, 2.24) is 0 Å². The van der Waals surface area contributed by atoms with E-state index in [0.29, 0.717) is 17.3 Å². The normalized spacial score (nSPS) is 13.6. The SMILES string of the molecule is Cc1cccc(CCCSC(C)C(C)O)c1O.Cc1cccc(CCCSCC(O)CO)c1O. The van der Waals surface area contributed by atoms with Crippen molar-refractivity contribution in [3.63, 3.8) is 0 Å². The number of aromatic hydroxyl groups is 2. The summed E-state index contributed by atoms with van der Waals surface area (Å²) in [7, 11) is 0. The van der Waals surface area contributed by atoms with E-state index in [0.717, 1.165) is 59.4 Å². The van der Waals surface area contributed by atoms with E-state index in [1.54, 1.807) is 23.5 Å². The van der Waals surface area contributed by atoms with Crippen molar-refractivity contribution < 1.29 is 25.5 Å². The third-order valence-electron chi connectivity index (χ3n) is 5.55. The molecule has 2 aromatic carbocycles. The van der Waals surface area contributed by atoms with Crippen molar-refractivity contribution in [3.05, 3.63) is 58.7 Å². The number of rotatable bonds is 13. The second kappa shape index (κ2) is 17.1. The molecule has 0 aliphatic rings. The monoisotopic (exact) mass is 510 g/mol. The lowest BCUT2D eigenvalue weighted by Crippen LogP contribution is -2.15. The molecular formula is C27H42O5S2. The molecule has 0 heterocycles. The van der Waals surface area contributed by atoms with Crippen LogP contribution in [0.4, 0.5) is 0 Å². The van der Waals surface area contributed by atoms with Crippen molar-refractivity contribution in [2.75, 3.05) is 23.9 Å². The van der Waals surface area contributed by atoms with Crippen LogP contribution < -0.4 is 0 Å². The van der Waals surface area contributed by atoms with Gasteiger partial charge in [-0.15, -0.1) is 0 Å². The maximum atomic E-state index is 9.85. The highest BCUT2D eigenvalue weighted by Gasteiger charge is 2.09. The summed E-state index contributed by atoms with van der Waals surface area (Å²) in [5.41, 5.74) is 3.85. The molecule has 0 saturated carbocycles. The number of phenolic OH excluding ortho intramolecular Hbond substituents is 2. The Morgan fingerprint density at radius 2 is 1.29 bits per heavy atom. The van der Waals surface area contributed by atoms with Gasteiger partial charge < -0.3 is 25.5 Å². The molecule has 0 spiro atoms. The molecular weight excluding hydrogens is 468 g/mol. The molecule has 0 radical (unpaired) electrons. The zero-order valence-corrected chi connectivity index (χ0v) is 22.5. The fraction of sp³-hybridized carbons (Fsp3) is 0.556. The van der Waals surface area contributed by atoms with Crippen LogP contribution >= 0.6 is 23.5 Å². The van der Waals surface area contributed by atoms with E-state index in [2.05, 4.69) is 0 Å². The second-order valence-corrected chi connectivity index (χ2v) is 11.2. The van der Waals surface area contributed by atoms with Crippen LogP contribution in [0.15, 0.2) is 36.4 Å². The first-order valence-electron chi connectivity index (χ1n) is 11.9. The van der Waals surface area contributed by atoms with Crippen LogP contribution in [-0.4, -0.2) is 66.9 Å². The van der Waals surface area contributed by atoms with E-state index in [4.69, 9.17) is 10.2 Å². The quantitative estimate of drug-likeness (QED) is 0.245. The van der Waals surface area contributed by atoms with E-state index >= 15 is 0 Å². The topological polar surface area (TPSA) is 101 Å². The summed E-state index contributed by atoms with van der Waals surface area (Å²) in [6.07, 6.45) is 2.85. The van der Waals surface area contributed by atoms with Gasteiger partial charge in [0, 0.05) is 11.0 Å². The predicted molar refractivity (Wildman–Crippen MR) is 146 cm³/mol. The first-order valence-corrected chi connectivity index (χ1v) is 14.1. The Balaban J connectivity index is 0.000000340.